The van der Waals surface area contributed by atoms with Crippen LogP contribution in [0.4, 0.5) is 0 Å². The summed E-state index contributed by atoms with van der Waals surface area (Å²) in [7, 11) is 4.41. The van der Waals surface area contributed by atoms with Crippen molar-refractivity contribution in [3.63, 3.8) is 0 Å². The van der Waals surface area contributed by atoms with Crippen LogP contribution in [-0.4, -0.2) is 19.3 Å². The molecule has 0 atom stereocenters. The summed E-state index contributed by atoms with van der Waals surface area (Å²) in [5.41, 5.74) is 0. The van der Waals surface area contributed by atoms with Crippen molar-refractivity contribution in [3.8, 4) is 0 Å². The van der Waals surface area contributed by atoms with Crippen molar-refractivity contribution in [3.05, 3.63) is 31.4 Å². The van der Waals surface area contributed by atoms with Crippen molar-refractivity contribution in [1.82, 2.24) is 4.48 Å². The lowest BCUT2D eigenvalue weighted by molar-refractivity contribution is -0.528. The maximum absolute atomic E-state index is 3.71. The average Bonchev–Trinajstić information content (AvgIpc) is 2.69. The molecular weight excluding hydrogens is 182 g/mol. The molecule has 0 fully saturated rings. The van der Waals surface area contributed by atoms with Gasteiger partial charge >= 0.3 is 0 Å². The van der Waals surface area contributed by atoms with Gasteiger partial charge in [0.05, 0.1) is 12.4 Å². The highest BCUT2D eigenvalue weighted by Gasteiger charge is 1.87. The zero-order chi connectivity index (χ0) is 10.9. The van der Waals surface area contributed by atoms with E-state index in [9.17, 15) is 0 Å². The van der Waals surface area contributed by atoms with E-state index in [0.29, 0.717) is 0 Å². The molecule has 0 aromatic carbocycles. The standard InChI is InChI=1S/C11H19B2N2/c1-3-5-6-8-13-15-10-9-14(11-15)12-7-4-2/h3,9-11H,1,4-8H2,2H3/q-1. The number of aromatic nitrogens is 2. The molecule has 0 spiro atoms. The normalized spacial score (nSPS) is 10.5. The number of nitrogens with zero attached hydrogens (tertiary/aromatic N) is 2. The van der Waals surface area contributed by atoms with E-state index < -0.39 is 0 Å². The van der Waals surface area contributed by atoms with Gasteiger partial charge in [0.2, 0.25) is 0 Å². The van der Waals surface area contributed by atoms with Gasteiger partial charge in [-0.2, -0.15) is 12.6 Å². The Bertz CT molecular complexity index is 284. The first-order valence-electron chi connectivity index (χ1n) is 5.72. The summed E-state index contributed by atoms with van der Waals surface area (Å²) >= 11 is 0. The molecule has 15 heavy (non-hydrogen) atoms. The number of hydrogen-bond donors (Lipinski definition) is 0. The van der Waals surface area contributed by atoms with E-state index >= 15 is 0 Å². The molecular formula is C11H19B2N2-. The molecule has 0 unspecified atom stereocenters. The lowest BCUT2D eigenvalue weighted by Crippen LogP contribution is -2.37. The minimum atomic E-state index is 1.10. The lowest BCUT2D eigenvalue weighted by atomic mass is 9.86. The quantitative estimate of drug-likeness (QED) is 0.345. The third-order valence-electron chi connectivity index (χ3n) is 2.26. The molecule has 1 rings (SSSR count). The monoisotopic (exact) mass is 201 g/mol. The number of allylic oxidation sites excluding steroid dienone is 1. The average molecular weight is 201 g/mol. The van der Waals surface area contributed by atoms with Crippen LogP contribution in [0.1, 0.15) is 26.2 Å². The topological polar surface area (TPSA) is 8.81 Å². The van der Waals surface area contributed by atoms with Gasteiger partial charge in [-0.05, 0) is 6.42 Å². The summed E-state index contributed by atoms with van der Waals surface area (Å²) < 4.78 is 4.24. The van der Waals surface area contributed by atoms with E-state index in [0.717, 1.165) is 19.1 Å². The van der Waals surface area contributed by atoms with Crippen LogP contribution in [0.5, 0.6) is 0 Å². The Hall–Kier alpha value is -0.920. The highest BCUT2D eigenvalue weighted by Crippen LogP contribution is 1.94. The van der Waals surface area contributed by atoms with E-state index in [1.165, 1.54) is 12.8 Å². The number of hydrogen-bond acceptors (Lipinski definition) is 0. The van der Waals surface area contributed by atoms with E-state index in [-0.39, 0.29) is 0 Å². The highest BCUT2D eigenvalue weighted by molar-refractivity contribution is 6.33. The zero-order valence-corrected chi connectivity index (χ0v) is 9.60. The minimum absolute atomic E-state index is 1.10. The summed E-state index contributed by atoms with van der Waals surface area (Å²) in [4.78, 5) is 0. The van der Waals surface area contributed by atoms with Gasteiger partial charge in [0, 0.05) is 0 Å². The van der Waals surface area contributed by atoms with Crippen LogP contribution < -0.4 is 4.48 Å². The van der Waals surface area contributed by atoms with Crippen molar-refractivity contribution in [2.45, 2.75) is 38.8 Å². The van der Waals surface area contributed by atoms with E-state index in [2.05, 4.69) is 56.0 Å². The molecule has 0 aliphatic carbocycles. The Morgan fingerprint density at radius 3 is 3.07 bits per heavy atom. The van der Waals surface area contributed by atoms with Gasteiger partial charge in [0.15, 0.2) is 0 Å². The van der Waals surface area contributed by atoms with E-state index in [1.54, 1.807) is 0 Å². The molecule has 80 valence electrons. The van der Waals surface area contributed by atoms with Crippen molar-refractivity contribution >= 4 is 14.8 Å². The fraction of sp³-hybridized carbons (Fsp3) is 0.545. The first kappa shape index (κ1) is 12.2. The number of unbranched alkanes of at least 4 members (excludes halogenated alkanes) is 1. The van der Waals surface area contributed by atoms with Gasteiger partial charge in [0.25, 0.3) is 0 Å². The molecule has 0 aliphatic heterocycles. The number of imidazole rings is 1. The summed E-state index contributed by atoms with van der Waals surface area (Å²) in [5.74, 6) is 0. The fourth-order valence-corrected chi connectivity index (χ4v) is 1.38. The molecule has 0 saturated carbocycles. The summed E-state index contributed by atoms with van der Waals surface area (Å²) in [5, 5.41) is 0. The third-order valence-corrected chi connectivity index (χ3v) is 2.26. The second-order valence-corrected chi connectivity index (χ2v) is 3.68. The van der Waals surface area contributed by atoms with Crippen molar-refractivity contribution in [1.29, 1.82) is 0 Å². The van der Waals surface area contributed by atoms with Gasteiger partial charge in [-0.1, -0.05) is 40.7 Å². The zero-order valence-electron chi connectivity index (χ0n) is 9.60. The highest BCUT2D eigenvalue weighted by atomic mass is 15.0. The molecule has 1 heterocycles. The number of rotatable bonds is 8. The summed E-state index contributed by atoms with van der Waals surface area (Å²) in [6.45, 7) is 5.90. The van der Waals surface area contributed by atoms with Crippen LogP contribution in [0.2, 0.25) is 12.6 Å². The lowest BCUT2D eigenvalue weighted by Gasteiger charge is -2.11. The van der Waals surface area contributed by atoms with E-state index in [4.69, 9.17) is 0 Å². The Kier molecular flexibility index (Phi) is 5.98. The van der Waals surface area contributed by atoms with Crippen LogP contribution in [0.25, 0.3) is 0 Å². The smallest absolute Gasteiger partial charge is 0.139 e. The molecule has 0 aliphatic rings. The van der Waals surface area contributed by atoms with Crippen LogP contribution in [-0.2, 0) is 0 Å². The van der Waals surface area contributed by atoms with Crippen LogP contribution >= 0.6 is 0 Å². The Labute approximate surface area is 94.5 Å². The van der Waals surface area contributed by atoms with Crippen LogP contribution in [0.3, 0.4) is 0 Å². The molecule has 4 heteroatoms. The predicted molar refractivity (Wildman–Crippen MR) is 66.3 cm³/mol. The van der Waals surface area contributed by atoms with Crippen molar-refractivity contribution < 1.29 is 4.48 Å². The SMILES string of the molecule is C=CCCC[B-][n+]1ccn([B-]CCC)c1. The Morgan fingerprint density at radius 2 is 2.33 bits per heavy atom. The Morgan fingerprint density at radius 1 is 1.47 bits per heavy atom. The van der Waals surface area contributed by atoms with Crippen molar-refractivity contribution in [2.75, 3.05) is 0 Å². The molecule has 0 bridgehead atoms. The molecule has 0 saturated heterocycles. The van der Waals surface area contributed by atoms with Crippen molar-refractivity contribution in [2.24, 2.45) is 0 Å². The summed E-state index contributed by atoms with van der Waals surface area (Å²) in [6, 6.07) is 0. The first-order chi connectivity index (χ1) is 7.36. The summed E-state index contributed by atoms with van der Waals surface area (Å²) in [6.07, 6.45) is 13.9. The molecule has 4 radical (unpaired) electrons. The van der Waals surface area contributed by atoms with E-state index in [1.807, 2.05) is 6.08 Å². The second-order valence-electron chi connectivity index (χ2n) is 3.68. The largest absolute Gasteiger partial charge is 0.500 e. The van der Waals surface area contributed by atoms with Gasteiger partial charge < -0.3 is 8.96 Å². The maximum atomic E-state index is 3.71. The molecule has 1 aromatic heterocycles. The maximum Gasteiger partial charge on any atom is 0.139 e. The molecule has 0 amide bonds. The van der Waals surface area contributed by atoms with Crippen LogP contribution in [0.15, 0.2) is 31.4 Å². The Balaban J connectivity index is 2.23. The fourth-order valence-electron chi connectivity index (χ4n) is 1.38. The predicted octanol–water partition coefficient (Wildman–Crippen LogP) is 1.92. The second kappa shape index (κ2) is 7.38. The van der Waals surface area contributed by atoms with Crippen LogP contribution in [0, 0.1) is 0 Å². The molecule has 1 aromatic rings. The first-order valence-corrected chi connectivity index (χ1v) is 5.72. The molecule has 0 N–H and O–H groups in total. The third kappa shape index (κ3) is 4.91. The van der Waals surface area contributed by atoms with Gasteiger partial charge in [-0.25, -0.2) is 0 Å². The van der Waals surface area contributed by atoms with Gasteiger partial charge in [-0.15, -0.1) is 6.58 Å². The minimum Gasteiger partial charge on any atom is -0.500 e. The van der Waals surface area contributed by atoms with Gasteiger partial charge in [-0.3, -0.25) is 0 Å². The van der Waals surface area contributed by atoms with Gasteiger partial charge in [0.1, 0.15) is 6.33 Å². The molecule has 2 nitrogen and oxygen atoms in total.